The molecule has 2 heterocycles. The van der Waals surface area contributed by atoms with Crippen molar-refractivity contribution >= 4 is 23.3 Å². The number of benzene rings is 1. The fraction of sp³-hybridized carbons (Fsp3) is 0.455. The molecular formula is C22H26ClFN4O3. The lowest BCUT2D eigenvalue weighted by Gasteiger charge is -2.31. The highest BCUT2D eigenvalue weighted by atomic mass is 35.5. The molecule has 31 heavy (non-hydrogen) atoms. The Labute approximate surface area is 185 Å². The summed E-state index contributed by atoms with van der Waals surface area (Å²) in [6, 6.07) is 4.79. The Kier molecular flexibility index (Phi) is 6.60. The lowest BCUT2D eigenvalue weighted by molar-refractivity contribution is 0.0839. The van der Waals surface area contributed by atoms with Gasteiger partial charge < -0.3 is 20.8 Å². The van der Waals surface area contributed by atoms with E-state index in [1.54, 1.807) is 18.3 Å². The van der Waals surface area contributed by atoms with Crippen molar-refractivity contribution in [3.63, 3.8) is 0 Å². The second-order valence-electron chi connectivity index (χ2n) is 8.20. The molecular weight excluding hydrogens is 423 g/mol. The minimum absolute atomic E-state index is 0.0781. The average molecular weight is 449 g/mol. The molecule has 0 unspecified atom stereocenters. The van der Waals surface area contributed by atoms with Gasteiger partial charge in [0.25, 0.3) is 5.91 Å². The van der Waals surface area contributed by atoms with E-state index in [0.29, 0.717) is 41.5 Å². The first-order valence-corrected chi connectivity index (χ1v) is 10.9. The number of fused-ring (bicyclic) bond motifs is 1. The molecule has 1 amide bonds. The summed E-state index contributed by atoms with van der Waals surface area (Å²) < 4.78 is 14.2. The summed E-state index contributed by atoms with van der Waals surface area (Å²) in [5.41, 5.74) is 1.53. The van der Waals surface area contributed by atoms with Crippen LogP contribution >= 0.6 is 11.6 Å². The van der Waals surface area contributed by atoms with Gasteiger partial charge in [-0.3, -0.25) is 9.69 Å². The van der Waals surface area contributed by atoms with Crippen LogP contribution in [-0.2, 0) is 13.0 Å². The van der Waals surface area contributed by atoms with E-state index in [4.69, 9.17) is 11.6 Å². The van der Waals surface area contributed by atoms with Crippen LogP contribution in [0.1, 0.15) is 40.7 Å². The van der Waals surface area contributed by atoms with Gasteiger partial charge >= 0.3 is 0 Å². The zero-order valence-corrected chi connectivity index (χ0v) is 17.8. The number of aliphatic hydroxyl groups is 1. The fourth-order valence-electron chi connectivity index (χ4n) is 3.95. The highest BCUT2D eigenvalue weighted by Gasteiger charge is 2.25. The quantitative estimate of drug-likeness (QED) is 0.520. The molecule has 4 N–H and O–H groups in total. The highest BCUT2D eigenvalue weighted by Crippen LogP contribution is 2.35. The van der Waals surface area contributed by atoms with Crippen molar-refractivity contribution in [1.29, 1.82) is 0 Å². The number of hydrogen-bond acceptors (Lipinski definition) is 6. The molecule has 7 nitrogen and oxygen atoms in total. The number of aromatic hydroxyl groups is 1. The number of halogens is 2. The molecule has 0 radical (unpaired) electrons. The molecule has 1 aliphatic heterocycles. The number of phenolic OH excluding ortho intramolecular Hbond substituents is 1. The molecule has 0 bridgehead atoms. The standard InChI is InChI=1S/C22H26ClFN4O3/c23-21-16-5-7-28(12-17(16)18(24)9-19(21)30)11-15(29)10-26-22(31)13-4-6-25-20(8-13)27-14-2-1-3-14/h4,6,8-9,14-15,29-30H,1-3,5,7,10-12H2,(H,25,27)(H,26,31)/t15-/m0/s1. The molecule has 2 aliphatic rings. The first kappa shape index (κ1) is 21.8. The van der Waals surface area contributed by atoms with Crippen LogP contribution in [0.2, 0.25) is 5.02 Å². The minimum atomic E-state index is -0.810. The number of phenols is 1. The summed E-state index contributed by atoms with van der Waals surface area (Å²) in [6.07, 6.45) is 4.70. The zero-order chi connectivity index (χ0) is 22.0. The topological polar surface area (TPSA) is 97.7 Å². The third-order valence-electron chi connectivity index (χ3n) is 5.91. The van der Waals surface area contributed by atoms with Gasteiger partial charge in [-0.05, 0) is 43.4 Å². The van der Waals surface area contributed by atoms with Crippen LogP contribution in [-0.4, -0.2) is 57.8 Å². The van der Waals surface area contributed by atoms with Crippen molar-refractivity contribution in [1.82, 2.24) is 15.2 Å². The van der Waals surface area contributed by atoms with Crippen LogP contribution in [0.5, 0.6) is 5.75 Å². The lowest BCUT2D eigenvalue weighted by Crippen LogP contribution is -2.42. The molecule has 1 saturated carbocycles. The summed E-state index contributed by atoms with van der Waals surface area (Å²) in [7, 11) is 0. The molecule has 1 fully saturated rings. The first-order valence-electron chi connectivity index (χ1n) is 10.5. The molecule has 1 aromatic heterocycles. The van der Waals surface area contributed by atoms with Gasteiger partial charge in [0.2, 0.25) is 0 Å². The smallest absolute Gasteiger partial charge is 0.251 e. The maximum absolute atomic E-state index is 14.2. The zero-order valence-electron chi connectivity index (χ0n) is 17.1. The SMILES string of the molecule is O=C(NC[C@H](O)CN1CCc2c(Cl)c(O)cc(F)c2C1)c1ccnc(NC2CCC2)c1. The molecule has 4 rings (SSSR count). The summed E-state index contributed by atoms with van der Waals surface area (Å²) in [4.78, 5) is 18.6. The minimum Gasteiger partial charge on any atom is -0.506 e. The number of amides is 1. The summed E-state index contributed by atoms with van der Waals surface area (Å²) in [5.74, 6) is -0.364. The molecule has 0 spiro atoms. The van der Waals surface area contributed by atoms with Gasteiger partial charge in [0, 0.05) is 55.6 Å². The molecule has 1 aliphatic carbocycles. The van der Waals surface area contributed by atoms with E-state index in [9.17, 15) is 19.4 Å². The van der Waals surface area contributed by atoms with Gasteiger partial charge in [0.1, 0.15) is 17.4 Å². The number of β-amino-alcohol motifs (C(OH)–C–C–N with tert-alkyl or cyclic N) is 1. The molecule has 9 heteroatoms. The van der Waals surface area contributed by atoms with E-state index >= 15 is 0 Å². The van der Waals surface area contributed by atoms with Crippen LogP contribution < -0.4 is 10.6 Å². The van der Waals surface area contributed by atoms with Crippen molar-refractivity contribution in [2.75, 3.05) is 25.0 Å². The second kappa shape index (κ2) is 9.38. The van der Waals surface area contributed by atoms with Crippen molar-refractivity contribution in [2.45, 2.75) is 44.4 Å². The third kappa shape index (κ3) is 5.08. The Morgan fingerprint density at radius 3 is 2.90 bits per heavy atom. The van der Waals surface area contributed by atoms with E-state index in [-0.39, 0.29) is 36.3 Å². The van der Waals surface area contributed by atoms with Crippen LogP contribution in [0, 0.1) is 5.82 Å². The molecule has 0 saturated heterocycles. The number of hydrogen-bond donors (Lipinski definition) is 4. The van der Waals surface area contributed by atoms with E-state index in [1.165, 1.54) is 6.42 Å². The van der Waals surface area contributed by atoms with Gasteiger partial charge in [0.15, 0.2) is 0 Å². The summed E-state index contributed by atoms with van der Waals surface area (Å²) >= 11 is 6.09. The van der Waals surface area contributed by atoms with E-state index in [2.05, 4.69) is 15.6 Å². The normalized spacial score (nSPS) is 17.5. The number of anilines is 1. The Morgan fingerprint density at radius 1 is 1.35 bits per heavy atom. The Hall–Kier alpha value is -2.42. The number of nitrogens with zero attached hydrogens (tertiary/aromatic N) is 2. The van der Waals surface area contributed by atoms with Crippen molar-refractivity contribution in [3.8, 4) is 5.75 Å². The van der Waals surface area contributed by atoms with E-state index in [1.807, 2.05) is 4.90 Å². The number of aliphatic hydroxyl groups excluding tert-OH is 1. The molecule has 1 aromatic carbocycles. The van der Waals surface area contributed by atoms with Gasteiger partial charge in [0.05, 0.1) is 11.1 Å². The van der Waals surface area contributed by atoms with Crippen molar-refractivity contribution < 1.29 is 19.4 Å². The highest BCUT2D eigenvalue weighted by molar-refractivity contribution is 6.32. The lowest BCUT2D eigenvalue weighted by atomic mass is 9.93. The molecule has 1 atom stereocenters. The second-order valence-corrected chi connectivity index (χ2v) is 8.58. The predicted octanol–water partition coefficient (Wildman–Crippen LogP) is 2.69. The summed E-state index contributed by atoms with van der Waals surface area (Å²) in [6.45, 7) is 1.21. The number of carbonyl (C=O) groups excluding carboxylic acids is 1. The third-order valence-corrected chi connectivity index (χ3v) is 6.33. The monoisotopic (exact) mass is 448 g/mol. The van der Waals surface area contributed by atoms with E-state index in [0.717, 1.165) is 18.9 Å². The van der Waals surface area contributed by atoms with Gasteiger partial charge in [-0.1, -0.05) is 11.6 Å². The largest absolute Gasteiger partial charge is 0.506 e. The maximum atomic E-state index is 14.2. The average Bonchev–Trinajstić information content (AvgIpc) is 2.73. The fourth-order valence-corrected chi connectivity index (χ4v) is 4.21. The number of pyridine rings is 1. The number of rotatable bonds is 7. The van der Waals surface area contributed by atoms with E-state index < -0.39 is 11.9 Å². The Bertz CT molecular complexity index is 970. The van der Waals surface area contributed by atoms with Crippen molar-refractivity contribution in [3.05, 3.63) is 51.9 Å². The molecule has 2 aromatic rings. The van der Waals surface area contributed by atoms with Gasteiger partial charge in [-0.15, -0.1) is 0 Å². The first-order chi connectivity index (χ1) is 14.9. The van der Waals surface area contributed by atoms with Gasteiger partial charge in [-0.2, -0.15) is 0 Å². The van der Waals surface area contributed by atoms with Crippen LogP contribution in [0.3, 0.4) is 0 Å². The number of aromatic nitrogens is 1. The Balaban J connectivity index is 1.29. The van der Waals surface area contributed by atoms with Crippen LogP contribution in [0.25, 0.3) is 0 Å². The summed E-state index contributed by atoms with van der Waals surface area (Å²) in [5, 5.41) is 26.3. The van der Waals surface area contributed by atoms with Crippen molar-refractivity contribution in [2.24, 2.45) is 0 Å². The number of carbonyl (C=O) groups is 1. The van der Waals surface area contributed by atoms with Crippen LogP contribution in [0.15, 0.2) is 24.4 Å². The maximum Gasteiger partial charge on any atom is 0.251 e. The van der Waals surface area contributed by atoms with Gasteiger partial charge in [-0.25, -0.2) is 9.37 Å². The predicted molar refractivity (Wildman–Crippen MR) is 116 cm³/mol. The number of nitrogens with one attached hydrogen (secondary N) is 2. The van der Waals surface area contributed by atoms with Crippen LogP contribution in [0.4, 0.5) is 10.2 Å². The molecule has 166 valence electrons. The Morgan fingerprint density at radius 2 is 2.16 bits per heavy atom.